The summed E-state index contributed by atoms with van der Waals surface area (Å²) in [6.07, 6.45) is 4.29. The Hall–Kier alpha value is -4.08. The van der Waals surface area contributed by atoms with Gasteiger partial charge in [0.15, 0.2) is 10.2 Å². The molecule has 0 spiro atoms. The third-order valence-corrected chi connectivity index (χ3v) is 8.10. The Morgan fingerprint density at radius 2 is 1.95 bits per heavy atom. The van der Waals surface area contributed by atoms with Crippen molar-refractivity contribution in [1.29, 1.82) is 0 Å². The highest BCUT2D eigenvalue weighted by Crippen LogP contribution is 2.43. The maximum atomic E-state index is 12.0. The number of nitrogens with one attached hydrogen (secondary N) is 2. The first-order valence-electron chi connectivity index (χ1n) is 12.5. The van der Waals surface area contributed by atoms with Crippen molar-refractivity contribution in [2.75, 3.05) is 10.2 Å². The van der Waals surface area contributed by atoms with Crippen molar-refractivity contribution in [3.8, 4) is 5.13 Å². The van der Waals surface area contributed by atoms with E-state index in [-0.39, 0.29) is 18.0 Å². The predicted octanol–water partition coefficient (Wildman–Crippen LogP) is 6.32. The van der Waals surface area contributed by atoms with Crippen LogP contribution in [0.5, 0.6) is 0 Å². The average Bonchev–Trinajstić information content (AvgIpc) is 3.66. The molecular weight excluding hydrogens is 512 g/mol. The predicted molar refractivity (Wildman–Crippen MR) is 157 cm³/mol. The van der Waals surface area contributed by atoms with Crippen LogP contribution in [0.2, 0.25) is 0 Å². The van der Waals surface area contributed by atoms with E-state index in [9.17, 15) is 4.79 Å². The monoisotopic (exact) mass is 538 g/mol. The van der Waals surface area contributed by atoms with E-state index in [1.165, 1.54) is 0 Å². The Balaban J connectivity index is 1.46. The van der Waals surface area contributed by atoms with Crippen LogP contribution in [0.3, 0.4) is 0 Å². The van der Waals surface area contributed by atoms with Crippen molar-refractivity contribution in [1.82, 2.24) is 19.9 Å². The molecule has 2 atom stereocenters. The molecule has 1 amide bonds. The number of pyridine rings is 1. The molecule has 1 fully saturated rings. The summed E-state index contributed by atoms with van der Waals surface area (Å²) in [5, 5.41) is 8.03. The second-order valence-electron chi connectivity index (χ2n) is 9.16. The van der Waals surface area contributed by atoms with Crippen molar-refractivity contribution in [2.24, 2.45) is 0 Å². The number of rotatable bonds is 6. The summed E-state index contributed by atoms with van der Waals surface area (Å²) in [6.45, 7) is 3.84. The second kappa shape index (κ2) is 10.00. The highest BCUT2D eigenvalue weighted by molar-refractivity contribution is 7.80. The zero-order chi connectivity index (χ0) is 26.2. The molecule has 38 heavy (non-hydrogen) atoms. The first-order chi connectivity index (χ1) is 18.5. The molecule has 0 aliphatic carbocycles. The zero-order valence-electron chi connectivity index (χ0n) is 21.0. The van der Waals surface area contributed by atoms with Gasteiger partial charge in [0.05, 0.1) is 27.6 Å². The minimum atomic E-state index is -0.185. The van der Waals surface area contributed by atoms with Crippen molar-refractivity contribution >= 4 is 56.2 Å². The Morgan fingerprint density at radius 1 is 1.11 bits per heavy atom. The fraction of sp³-hybridized carbons (Fsp3) is 0.172. The Morgan fingerprint density at radius 3 is 2.71 bits per heavy atom. The van der Waals surface area contributed by atoms with Gasteiger partial charge in [-0.15, -0.1) is 0 Å². The number of aromatic nitrogens is 3. The molecule has 0 radical (unpaired) electrons. The van der Waals surface area contributed by atoms with Gasteiger partial charge >= 0.3 is 0 Å². The molecule has 1 aliphatic heterocycles. The molecular formula is C29H26N6OS2. The summed E-state index contributed by atoms with van der Waals surface area (Å²) >= 11 is 7.58. The van der Waals surface area contributed by atoms with E-state index < -0.39 is 0 Å². The summed E-state index contributed by atoms with van der Waals surface area (Å²) in [4.78, 5) is 23.7. The van der Waals surface area contributed by atoms with Gasteiger partial charge in [0.1, 0.15) is 6.04 Å². The molecule has 5 aromatic rings. The van der Waals surface area contributed by atoms with Crippen LogP contribution in [0.15, 0.2) is 85.2 Å². The normalized spacial score (nSPS) is 17.1. The fourth-order valence-corrected chi connectivity index (χ4v) is 6.20. The minimum Gasteiger partial charge on any atom is -0.351 e. The molecule has 6 rings (SSSR count). The van der Waals surface area contributed by atoms with Crippen LogP contribution in [0.1, 0.15) is 42.4 Å². The quantitative estimate of drug-likeness (QED) is 0.247. The van der Waals surface area contributed by atoms with E-state index in [1.807, 2.05) is 74.6 Å². The third kappa shape index (κ3) is 4.33. The Kier molecular flexibility index (Phi) is 6.39. The SMILES string of the molecule is CCC(=O)Nc1ccc(N2C(=S)N[C@@H](c3ccccn3)[C@H]2c2cccn2-c2nc3ccccc3s2)cc1C. The minimum absolute atomic E-state index is 0.0130. The third-order valence-electron chi connectivity index (χ3n) is 6.75. The standard InChI is InChI=1S/C29H26N6OS2/c1-3-25(36)31-20-14-13-19(17-18(20)2)35-27(26(33-28(35)37)22-10-6-7-15-30-22)23-11-8-16-34(23)29-32-21-9-4-5-12-24(21)38-29/h4-17,26-27H,3H2,1-2H3,(H,31,36)(H,33,37)/t26-,27+/m0/s1. The number of hydrogen-bond donors (Lipinski definition) is 2. The summed E-state index contributed by atoms with van der Waals surface area (Å²) in [5.41, 5.74) is 5.64. The number of anilines is 2. The summed E-state index contributed by atoms with van der Waals surface area (Å²) < 4.78 is 3.29. The highest BCUT2D eigenvalue weighted by atomic mass is 32.1. The van der Waals surface area contributed by atoms with Crippen molar-refractivity contribution < 1.29 is 4.79 Å². The summed E-state index contributed by atoms with van der Waals surface area (Å²) in [6, 6.07) is 23.9. The number of thiocarbonyl (C=S) groups is 1. The van der Waals surface area contributed by atoms with Gasteiger partial charge in [0.25, 0.3) is 0 Å². The fourth-order valence-electron chi connectivity index (χ4n) is 4.88. The van der Waals surface area contributed by atoms with Gasteiger partial charge in [-0.3, -0.25) is 14.3 Å². The van der Waals surface area contributed by atoms with Crippen LogP contribution in [0, 0.1) is 6.92 Å². The molecule has 2 aromatic carbocycles. The van der Waals surface area contributed by atoms with Crippen LogP contribution in [-0.4, -0.2) is 25.6 Å². The van der Waals surface area contributed by atoms with Crippen molar-refractivity contribution in [3.63, 3.8) is 0 Å². The molecule has 3 aromatic heterocycles. The van der Waals surface area contributed by atoms with Crippen LogP contribution < -0.4 is 15.5 Å². The maximum Gasteiger partial charge on any atom is 0.224 e. The summed E-state index contributed by atoms with van der Waals surface area (Å²) in [7, 11) is 0. The van der Waals surface area contributed by atoms with Crippen molar-refractivity contribution in [3.05, 3.63) is 102 Å². The van der Waals surface area contributed by atoms with Crippen LogP contribution >= 0.6 is 23.6 Å². The van der Waals surface area contributed by atoms with Crippen LogP contribution in [0.4, 0.5) is 11.4 Å². The molecule has 9 heteroatoms. The van der Waals surface area contributed by atoms with E-state index >= 15 is 0 Å². The number of thiazole rings is 1. The number of carbonyl (C=O) groups excluding carboxylic acids is 1. The van der Waals surface area contributed by atoms with Gasteiger partial charge in [-0.2, -0.15) is 0 Å². The number of benzene rings is 2. The highest BCUT2D eigenvalue weighted by Gasteiger charge is 2.42. The van der Waals surface area contributed by atoms with Gasteiger partial charge < -0.3 is 15.5 Å². The van der Waals surface area contributed by atoms with E-state index in [0.717, 1.165) is 43.7 Å². The molecule has 0 saturated carbocycles. The van der Waals surface area contributed by atoms with E-state index in [0.29, 0.717) is 11.5 Å². The molecule has 1 aliphatic rings. The number of carbonyl (C=O) groups is 1. The molecule has 7 nitrogen and oxygen atoms in total. The molecule has 0 unspecified atom stereocenters. The number of amides is 1. The molecule has 0 bridgehead atoms. The number of fused-ring (bicyclic) bond motifs is 1. The van der Waals surface area contributed by atoms with Gasteiger partial charge in [-0.1, -0.05) is 36.5 Å². The first kappa shape index (κ1) is 24.3. The lowest BCUT2D eigenvalue weighted by Crippen LogP contribution is -2.30. The first-order valence-corrected chi connectivity index (χ1v) is 13.7. The van der Waals surface area contributed by atoms with E-state index in [4.69, 9.17) is 17.2 Å². The van der Waals surface area contributed by atoms with Crippen LogP contribution in [0.25, 0.3) is 15.3 Å². The molecule has 190 valence electrons. The van der Waals surface area contributed by atoms with E-state index in [1.54, 1.807) is 11.3 Å². The zero-order valence-corrected chi connectivity index (χ0v) is 22.6. The summed E-state index contributed by atoms with van der Waals surface area (Å²) in [5.74, 6) is -0.0130. The lowest BCUT2D eigenvalue weighted by molar-refractivity contribution is -0.115. The Labute approximate surface area is 230 Å². The Bertz CT molecular complexity index is 1610. The topological polar surface area (TPSA) is 75.1 Å². The van der Waals surface area contributed by atoms with Gasteiger partial charge in [-0.05, 0) is 79.3 Å². The number of nitrogens with zero attached hydrogens (tertiary/aromatic N) is 4. The van der Waals surface area contributed by atoms with Crippen molar-refractivity contribution in [2.45, 2.75) is 32.4 Å². The van der Waals surface area contributed by atoms with Gasteiger partial charge in [0.2, 0.25) is 5.91 Å². The largest absolute Gasteiger partial charge is 0.351 e. The lowest BCUT2D eigenvalue weighted by Gasteiger charge is -2.29. The molecule has 1 saturated heterocycles. The lowest BCUT2D eigenvalue weighted by atomic mass is 10.0. The molecule has 4 heterocycles. The second-order valence-corrected chi connectivity index (χ2v) is 10.6. The van der Waals surface area contributed by atoms with Crippen LogP contribution in [-0.2, 0) is 4.79 Å². The molecule has 2 N–H and O–H groups in total. The number of hydrogen-bond acceptors (Lipinski definition) is 5. The maximum absolute atomic E-state index is 12.0. The van der Waals surface area contributed by atoms with E-state index in [2.05, 4.69) is 49.5 Å². The van der Waals surface area contributed by atoms with Gasteiger partial charge in [-0.25, -0.2) is 4.98 Å². The number of aryl methyl sites for hydroxylation is 1. The smallest absolute Gasteiger partial charge is 0.224 e. The average molecular weight is 539 g/mol. The van der Waals surface area contributed by atoms with Gasteiger partial charge in [0, 0.05) is 30.2 Å². The number of para-hydroxylation sites is 1.